The smallest absolute Gasteiger partial charge is 0.233 e. The number of ether oxygens (including phenoxy) is 2. The molecule has 0 aromatic heterocycles. The summed E-state index contributed by atoms with van der Waals surface area (Å²) in [6.45, 7) is 3.69. The van der Waals surface area contributed by atoms with Gasteiger partial charge in [0.25, 0.3) is 0 Å². The second-order valence-corrected chi connectivity index (χ2v) is 13.0. The van der Waals surface area contributed by atoms with Crippen molar-refractivity contribution in [2.75, 3.05) is 39.5 Å². The van der Waals surface area contributed by atoms with Gasteiger partial charge in [-0.05, 0) is 56.7 Å². The molecule has 0 radical (unpaired) electrons. The van der Waals surface area contributed by atoms with Crippen LogP contribution in [-0.4, -0.2) is 74.3 Å². The Morgan fingerprint density at radius 2 is 1.64 bits per heavy atom. The van der Waals surface area contributed by atoms with Crippen molar-refractivity contribution in [1.29, 1.82) is 0 Å². The van der Waals surface area contributed by atoms with Gasteiger partial charge in [-0.1, -0.05) is 30.3 Å². The maximum Gasteiger partial charge on any atom is 0.233 e. The number of morpholine rings is 1. The van der Waals surface area contributed by atoms with Crippen LogP contribution in [0.4, 0.5) is 8.78 Å². The Morgan fingerprint density at radius 3 is 2.33 bits per heavy atom. The Bertz CT molecular complexity index is 1280. The molecular formula is C29H36F2N2O5S. The van der Waals surface area contributed by atoms with Crippen LogP contribution in [0.1, 0.15) is 49.3 Å². The van der Waals surface area contributed by atoms with Crippen molar-refractivity contribution in [1.82, 2.24) is 9.21 Å². The lowest BCUT2D eigenvalue weighted by Crippen LogP contribution is -2.53. The topological polar surface area (TPSA) is 76.2 Å². The van der Waals surface area contributed by atoms with Crippen LogP contribution < -0.4 is 0 Å². The van der Waals surface area contributed by atoms with E-state index in [0.717, 1.165) is 17.7 Å². The van der Waals surface area contributed by atoms with E-state index in [9.17, 15) is 13.2 Å². The summed E-state index contributed by atoms with van der Waals surface area (Å²) in [7, 11) is -3.76. The minimum absolute atomic E-state index is 0.0139. The third-order valence-electron chi connectivity index (χ3n) is 8.48. The second kappa shape index (κ2) is 11.6. The van der Waals surface area contributed by atoms with Crippen LogP contribution in [0.25, 0.3) is 0 Å². The van der Waals surface area contributed by atoms with Crippen molar-refractivity contribution in [3.63, 3.8) is 0 Å². The van der Waals surface area contributed by atoms with Gasteiger partial charge < -0.3 is 14.4 Å². The van der Waals surface area contributed by atoms with Crippen LogP contribution in [0.3, 0.4) is 0 Å². The van der Waals surface area contributed by atoms with E-state index in [-0.39, 0.29) is 55.7 Å². The summed E-state index contributed by atoms with van der Waals surface area (Å²) in [5.41, 5.74) is -0.327. The maximum atomic E-state index is 15.8. The molecule has 0 spiro atoms. The van der Waals surface area contributed by atoms with Gasteiger partial charge in [-0.2, -0.15) is 4.31 Å². The fourth-order valence-electron chi connectivity index (χ4n) is 6.12. The number of carbonyl (C=O) groups excluding carboxylic acids is 1. The fourth-order valence-corrected chi connectivity index (χ4v) is 8.27. The zero-order valence-electron chi connectivity index (χ0n) is 22.3. The third kappa shape index (κ3) is 5.62. The van der Waals surface area contributed by atoms with Gasteiger partial charge in [-0.15, -0.1) is 0 Å². The van der Waals surface area contributed by atoms with Crippen LogP contribution in [0, 0.1) is 11.6 Å². The van der Waals surface area contributed by atoms with Crippen molar-refractivity contribution < 1.29 is 31.5 Å². The molecule has 0 N–H and O–H groups in total. The van der Waals surface area contributed by atoms with Gasteiger partial charge in [0, 0.05) is 50.0 Å². The highest BCUT2D eigenvalue weighted by molar-refractivity contribution is 7.89. The van der Waals surface area contributed by atoms with E-state index in [2.05, 4.69) is 0 Å². The van der Waals surface area contributed by atoms with Crippen LogP contribution >= 0.6 is 0 Å². The third-order valence-corrected chi connectivity index (χ3v) is 10.9. The Balaban J connectivity index is 1.43. The zero-order chi connectivity index (χ0) is 27.6. The van der Waals surface area contributed by atoms with E-state index in [1.54, 1.807) is 11.8 Å². The van der Waals surface area contributed by atoms with Gasteiger partial charge in [-0.3, -0.25) is 4.79 Å². The highest BCUT2D eigenvalue weighted by Gasteiger charge is 2.47. The number of hydrogen-bond donors (Lipinski definition) is 0. The number of carbonyl (C=O) groups is 1. The van der Waals surface area contributed by atoms with Crippen LogP contribution in [-0.2, 0) is 42.7 Å². The number of hydrogen-bond acceptors (Lipinski definition) is 5. The summed E-state index contributed by atoms with van der Waals surface area (Å²) >= 11 is 0. The predicted octanol–water partition coefficient (Wildman–Crippen LogP) is 3.80. The Hall–Kier alpha value is -2.40. The van der Waals surface area contributed by atoms with Gasteiger partial charge in [0.05, 0.1) is 23.9 Å². The molecule has 39 heavy (non-hydrogen) atoms. The summed E-state index contributed by atoms with van der Waals surface area (Å²) in [6.07, 6.45) is 2.01. The SMILES string of the molecule is C[C@H]1CCC(Cc2ccccc2)S(=O)(=O)N1Cc1cc(F)c(C2(C(=O)N3CCOCC3)CCOCC2)cc1F. The lowest BCUT2D eigenvalue weighted by molar-refractivity contribution is -0.145. The molecule has 10 heteroatoms. The standard InChI is InChI=1S/C29H36F2N2O5S/c1-21-7-8-24(17-22-5-3-2-4-6-22)39(35,36)33(21)20-23-18-27(31)25(19-26(23)30)29(9-13-37-14-10-29)28(34)32-11-15-38-16-12-32/h2-6,18-19,21,24H,7-17,20H2,1H3/t21-,24?/m0/s1. The van der Waals surface area contributed by atoms with Gasteiger partial charge >= 0.3 is 0 Å². The normalized spacial score (nSPS) is 25.4. The number of nitrogens with zero attached hydrogens (tertiary/aromatic N) is 2. The van der Waals surface area contributed by atoms with E-state index < -0.39 is 32.3 Å². The van der Waals surface area contributed by atoms with Crippen molar-refractivity contribution in [2.45, 2.75) is 62.3 Å². The van der Waals surface area contributed by atoms with E-state index in [4.69, 9.17) is 9.47 Å². The van der Waals surface area contributed by atoms with Crippen LogP contribution in [0.2, 0.25) is 0 Å². The zero-order valence-corrected chi connectivity index (χ0v) is 23.1. The summed E-state index contributed by atoms with van der Waals surface area (Å²) < 4.78 is 70.8. The molecule has 0 saturated carbocycles. The van der Waals surface area contributed by atoms with Crippen molar-refractivity contribution in [3.05, 3.63) is 70.8 Å². The summed E-state index contributed by atoms with van der Waals surface area (Å²) in [5, 5.41) is -0.625. The number of amides is 1. The lowest BCUT2D eigenvalue weighted by atomic mass is 9.72. The Labute approximate surface area is 229 Å². The van der Waals surface area contributed by atoms with E-state index in [1.165, 1.54) is 4.31 Å². The molecule has 0 aliphatic carbocycles. The molecular weight excluding hydrogens is 526 g/mol. The van der Waals surface area contributed by atoms with E-state index in [1.807, 2.05) is 30.3 Å². The molecule has 3 aliphatic rings. The highest BCUT2D eigenvalue weighted by Crippen LogP contribution is 2.40. The largest absolute Gasteiger partial charge is 0.381 e. The summed E-state index contributed by atoms with van der Waals surface area (Å²) in [6, 6.07) is 11.3. The van der Waals surface area contributed by atoms with E-state index in [0.29, 0.717) is 45.6 Å². The molecule has 3 fully saturated rings. The minimum Gasteiger partial charge on any atom is -0.381 e. The molecule has 1 amide bonds. The number of benzene rings is 2. The molecule has 212 valence electrons. The Morgan fingerprint density at radius 1 is 0.974 bits per heavy atom. The van der Waals surface area contributed by atoms with Gasteiger partial charge in [0.15, 0.2) is 0 Å². The Kier molecular flexibility index (Phi) is 8.37. The molecule has 3 aliphatic heterocycles. The van der Waals surface area contributed by atoms with Crippen molar-refractivity contribution >= 4 is 15.9 Å². The van der Waals surface area contributed by atoms with E-state index >= 15 is 8.78 Å². The average Bonchev–Trinajstić information content (AvgIpc) is 2.95. The van der Waals surface area contributed by atoms with Crippen LogP contribution in [0.5, 0.6) is 0 Å². The molecule has 2 aromatic carbocycles. The molecule has 7 nitrogen and oxygen atoms in total. The molecule has 3 heterocycles. The quantitative estimate of drug-likeness (QED) is 0.536. The fraction of sp³-hybridized carbons (Fsp3) is 0.552. The second-order valence-electron chi connectivity index (χ2n) is 10.9. The van der Waals surface area contributed by atoms with Gasteiger partial charge in [0.2, 0.25) is 15.9 Å². The molecule has 3 saturated heterocycles. The lowest BCUT2D eigenvalue weighted by Gasteiger charge is -2.41. The first kappa shape index (κ1) is 28.1. The van der Waals surface area contributed by atoms with Crippen LogP contribution in [0.15, 0.2) is 42.5 Å². The maximum absolute atomic E-state index is 15.8. The molecule has 2 aromatic rings. The average molecular weight is 563 g/mol. The summed E-state index contributed by atoms with van der Waals surface area (Å²) in [5.74, 6) is -1.64. The minimum atomic E-state index is -3.76. The first-order valence-corrected chi connectivity index (χ1v) is 15.2. The van der Waals surface area contributed by atoms with Gasteiger partial charge in [0.1, 0.15) is 11.6 Å². The monoisotopic (exact) mass is 562 g/mol. The molecule has 5 rings (SSSR count). The number of halogens is 2. The summed E-state index contributed by atoms with van der Waals surface area (Å²) in [4.78, 5) is 15.4. The molecule has 1 unspecified atom stereocenters. The van der Waals surface area contributed by atoms with Crippen molar-refractivity contribution in [3.8, 4) is 0 Å². The predicted molar refractivity (Wildman–Crippen MR) is 143 cm³/mol. The molecule has 0 bridgehead atoms. The first-order chi connectivity index (χ1) is 18.7. The van der Waals surface area contributed by atoms with Crippen molar-refractivity contribution in [2.24, 2.45) is 0 Å². The number of sulfonamides is 1. The van der Waals surface area contributed by atoms with Gasteiger partial charge in [-0.25, -0.2) is 17.2 Å². The number of rotatable bonds is 6. The molecule has 2 atom stereocenters. The first-order valence-electron chi connectivity index (χ1n) is 13.7. The highest BCUT2D eigenvalue weighted by atomic mass is 32.2.